The number of benzene rings is 2. The molecule has 21 heavy (non-hydrogen) atoms. The number of nitrogens with zero attached hydrogens (tertiary/aromatic N) is 2. The molecular formula is C17H15FN2O. The molecular weight excluding hydrogens is 267 g/mol. The van der Waals surface area contributed by atoms with E-state index in [0.29, 0.717) is 24.1 Å². The Bertz CT molecular complexity index is 674. The topological polar surface area (TPSA) is 44.1 Å². The predicted molar refractivity (Wildman–Crippen MR) is 79.8 cm³/mol. The molecule has 0 aliphatic carbocycles. The molecule has 0 amide bonds. The lowest BCUT2D eigenvalue weighted by molar-refractivity contribution is 0.0985. The zero-order valence-electron chi connectivity index (χ0n) is 11.7. The third-order valence-corrected chi connectivity index (χ3v) is 3.26. The van der Waals surface area contributed by atoms with E-state index < -0.39 is 0 Å². The molecule has 0 heterocycles. The Balaban J connectivity index is 1.97. The van der Waals surface area contributed by atoms with E-state index in [-0.39, 0.29) is 11.6 Å². The molecule has 4 heteroatoms. The normalized spacial score (nSPS) is 9.95. The molecule has 0 saturated carbocycles. The number of halogens is 1. The fraction of sp³-hybridized carbons (Fsp3) is 0.176. The van der Waals surface area contributed by atoms with Crippen LogP contribution in [0.25, 0.3) is 0 Å². The first-order chi connectivity index (χ1) is 10.1. The molecule has 2 rings (SSSR count). The third kappa shape index (κ3) is 3.90. The second kappa shape index (κ2) is 6.67. The lowest BCUT2D eigenvalue weighted by Gasteiger charge is -2.19. The van der Waals surface area contributed by atoms with Gasteiger partial charge in [0.1, 0.15) is 5.82 Å². The van der Waals surface area contributed by atoms with Crippen LogP contribution in [-0.4, -0.2) is 19.4 Å². The standard InChI is InChI=1S/C17H15FN2O/c1-20(16-4-2-3-13(11-16)12-19)10-9-17(21)14-5-7-15(18)8-6-14/h2-8,11H,9-10H2,1H3. The third-order valence-electron chi connectivity index (χ3n) is 3.26. The van der Waals surface area contributed by atoms with Gasteiger partial charge in [-0.3, -0.25) is 4.79 Å². The van der Waals surface area contributed by atoms with Crippen LogP contribution in [0.3, 0.4) is 0 Å². The SMILES string of the molecule is CN(CCC(=O)c1ccc(F)cc1)c1cccc(C#N)c1. The smallest absolute Gasteiger partial charge is 0.164 e. The summed E-state index contributed by atoms with van der Waals surface area (Å²) in [7, 11) is 1.87. The van der Waals surface area contributed by atoms with Crippen molar-refractivity contribution in [3.05, 3.63) is 65.5 Å². The van der Waals surface area contributed by atoms with E-state index in [1.165, 1.54) is 24.3 Å². The Kier molecular flexibility index (Phi) is 4.68. The first kappa shape index (κ1) is 14.7. The highest BCUT2D eigenvalue weighted by Crippen LogP contribution is 2.15. The van der Waals surface area contributed by atoms with Crippen LogP contribution >= 0.6 is 0 Å². The highest BCUT2D eigenvalue weighted by molar-refractivity contribution is 5.96. The van der Waals surface area contributed by atoms with Crippen LogP contribution < -0.4 is 4.90 Å². The molecule has 0 aliphatic heterocycles. The fourth-order valence-corrected chi connectivity index (χ4v) is 1.99. The summed E-state index contributed by atoms with van der Waals surface area (Å²) in [4.78, 5) is 13.9. The quantitative estimate of drug-likeness (QED) is 0.789. The molecule has 0 spiro atoms. The Labute approximate surface area is 123 Å². The van der Waals surface area contributed by atoms with Crippen molar-refractivity contribution in [1.29, 1.82) is 5.26 Å². The molecule has 0 fully saturated rings. The van der Waals surface area contributed by atoms with E-state index in [0.717, 1.165) is 5.69 Å². The van der Waals surface area contributed by atoms with Gasteiger partial charge >= 0.3 is 0 Å². The number of carbonyl (C=O) groups excluding carboxylic acids is 1. The molecule has 0 radical (unpaired) electrons. The lowest BCUT2D eigenvalue weighted by Crippen LogP contribution is -2.21. The molecule has 0 saturated heterocycles. The van der Waals surface area contributed by atoms with E-state index >= 15 is 0 Å². The molecule has 0 bridgehead atoms. The Morgan fingerprint density at radius 3 is 2.62 bits per heavy atom. The van der Waals surface area contributed by atoms with Crippen LogP contribution in [0, 0.1) is 17.1 Å². The van der Waals surface area contributed by atoms with E-state index in [4.69, 9.17) is 5.26 Å². The zero-order valence-corrected chi connectivity index (χ0v) is 11.7. The van der Waals surface area contributed by atoms with Gasteiger partial charge in [-0.1, -0.05) is 6.07 Å². The lowest BCUT2D eigenvalue weighted by atomic mass is 10.1. The van der Waals surface area contributed by atoms with Crippen molar-refractivity contribution < 1.29 is 9.18 Å². The predicted octanol–water partition coefficient (Wildman–Crippen LogP) is 3.41. The molecule has 3 nitrogen and oxygen atoms in total. The summed E-state index contributed by atoms with van der Waals surface area (Å²) in [6.45, 7) is 0.533. The summed E-state index contributed by atoms with van der Waals surface area (Å²) in [5, 5.41) is 8.88. The van der Waals surface area contributed by atoms with Crippen molar-refractivity contribution >= 4 is 11.5 Å². The molecule has 2 aromatic carbocycles. The highest BCUT2D eigenvalue weighted by Gasteiger charge is 2.08. The second-order valence-corrected chi connectivity index (χ2v) is 4.76. The minimum absolute atomic E-state index is 0.0294. The average molecular weight is 282 g/mol. The summed E-state index contributed by atoms with van der Waals surface area (Å²) in [6.07, 6.45) is 0.332. The van der Waals surface area contributed by atoms with Crippen molar-refractivity contribution in [3.8, 4) is 6.07 Å². The van der Waals surface area contributed by atoms with Gasteiger partial charge in [0, 0.05) is 31.3 Å². The number of nitriles is 1. The number of hydrogen-bond acceptors (Lipinski definition) is 3. The second-order valence-electron chi connectivity index (χ2n) is 4.76. The maximum atomic E-state index is 12.8. The number of Topliss-reactive ketones (excluding diaryl/α,β-unsaturated/α-hetero) is 1. The van der Waals surface area contributed by atoms with E-state index in [2.05, 4.69) is 6.07 Å². The number of anilines is 1. The van der Waals surface area contributed by atoms with Crippen LogP contribution in [0.4, 0.5) is 10.1 Å². The zero-order chi connectivity index (χ0) is 15.2. The first-order valence-electron chi connectivity index (χ1n) is 6.60. The van der Waals surface area contributed by atoms with Crippen LogP contribution in [-0.2, 0) is 0 Å². The van der Waals surface area contributed by atoms with Gasteiger partial charge in [-0.05, 0) is 42.5 Å². The van der Waals surface area contributed by atoms with Crippen molar-refractivity contribution in [1.82, 2.24) is 0 Å². The van der Waals surface area contributed by atoms with E-state index in [9.17, 15) is 9.18 Å². The maximum Gasteiger partial charge on any atom is 0.164 e. The minimum Gasteiger partial charge on any atom is -0.374 e. The maximum absolute atomic E-state index is 12.8. The highest BCUT2D eigenvalue weighted by atomic mass is 19.1. The first-order valence-corrected chi connectivity index (χ1v) is 6.60. The fourth-order valence-electron chi connectivity index (χ4n) is 1.99. The van der Waals surface area contributed by atoms with Crippen LogP contribution in [0.15, 0.2) is 48.5 Å². The molecule has 2 aromatic rings. The summed E-state index contributed by atoms with van der Waals surface area (Å²) in [6, 6.07) is 14.9. The van der Waals surface area contributed by atoms with Gasteiger partial charge in [0.2, 0.25) is 0 Å². The van der Waals surface area contributed by atoms with Crippen LogP contribution in [0.5, 0.6) is 0 Å². The Morgan fingerprint density at radius 1 is 1.24 bits per heavy atom. The molecule has 0 unspecified atom stereocenters. The molecule has 0 N–H and O–H groups in total. The summed E-state index contributed by atoms with van der Waals surface area (Å²) < 4.78 is 12.8. The largest absolute Gasteiger partial charge is 0.374 e. The van der Waals surface area contributed by atoms with Crippen molar-refractivity contribution in [2.24, 2.45) is 0 Å². The van der Waals surface area contributed by atoms with Gasteiger partial charge in [0.05, 0.1) is 11.6 Å². The monoisotopic (exact) mass is 282 g/mol. The molecule has 106 valence electrons. The number of carbonyl (C=O) groups is 1. The molecule has 0 aliphatic rings. The number of hydrogen-bond donors (Lipinski definition) is 0. The average Bonchev–Trinajstić information content (AvgIpc) is 2.53. The Hall–Kier alpha value is -2.67. The van der Waals surface area contributed by atoms with Gasteiger partial charge in [-0.25, -0.2) is 4.39 Å². The molecule has 0 atom stereocenters. The van der Waals surface area contributed by atoms with Gasteiger partial charge in [-0.15, -0.1) is 0 Å². The van der Waals surface area contributed by atoms with Gasteiger partial charge in [0.25, 0.3) is 0 Å². The number of ketones is 1. The molecule has 0 aromatic heterocycles. The van der Waals surface area contributed by atoms with Crippen LogP contribution in [0.1, 0.15) is 22.3 Å². The van der Waals surface area contributed by atoms with E-state index in [1.807, 2.05) is 24.1 Å². The van der Waals surface area contributed by atoms with Crippen LogP contribution in [0.2, 0.25) is 0 Å². The summed E-state index contributed by atoms with van der Waals surface area (Å²) in [5.74, 6) is -0.379. The van der Waals surface area contributed by atoms with Crippen molar-refractivity contribution in [3.63, 3.8) is 0 Å². The van der Waals surface area contributed by atoms with Crippen molar-refractivity contribution in [2.45, 2.75) is 6.42 Å². The Morgan fingerprint density at radius 2 is 1.95 bits per heavy atom. The number of rotatable bonds is 5. The van der Waals surface area contributed by atoms with Gasteiger partial charge in [-0.2, -0.15) is 5.26 Å². The van der Waals surface area contributed by atoms with Gasteiger partial charge in [0.15, 0.2) is 5.78 Å². The summed E-state index contributed by atoms with van der Waals surface area (Å²) >= 11 is 0. The van der Waals surface area contributed by atoms with Crippen molar-refractivity contribution in [2.75, 3.05) is 18.5 Å². The van der Waals surface area contributed by atoms with E-state index in [1.54, 1.807) is 12.1 Å². The van der Waals surface area contributed by atoms with Gasteiger partial charge < -0.3 is 4.90 Å². The summed E-state index contributed by atoms with van der Waals surface area (Å²) in [5.41, 5.74) is 1.99. The minimum atomic E-state index is -0.350.